The minimum atomic E-state index is -0.345. The second-order valence-electron chi connectivity index (χ2n) is 3.72. The lowest BCUT2D eigenvalue weighted by molar-refractivity contribution is 0.628. The van der Waals surface area contributed by atoms with E-state index in [9.17, 15) is 4.39 Å². The van der Waals surface area contributed by atoms with Gasteiger partial charge in [0.25, 0.3) is 0 Å². The molecule has 1 heterocycles. The summed E-state index contributed by atoms with van der Waals surface area (Å²) in [4.78, 5) is 0. The molecule has 0 atom stereocenters. The van der Waals surface area contributed by atoms with Gasteiger partial charge in [0.15, 0.2) is 0 Å². The Morgan fingerprint density at radius 1 is 1.41 bits per heavy atom. The topological polar surface area (TPSA) is 40.7 Å². The first-order chi connectivity index (χ1) is 8.20. The standard InChI is InChI=1S/C12H13ClFN3/c1-2-5-15-12-7-11(16-17-12)9-4-3-8(14)6-10(9)13/h3-4,6-7H,2,5H2,1H3,(H2,15,16,17). The maximum Gasteiger partial charge on any atom is 0.148 e. The quantitative estimate of drug-likeness (QED) is 0.872. The molecule has 0 radical (unpaired) electrons. The summed E-state index contributed by atoms with van der Waals surface area (Å²) in [6, 6.07) is 6.15. The maximum atomic E-state index is 12.9. The Morgan fingerprint density at radius 2 is 2.24 bits per heavy atom. The van der Waals surface area contributed by atoms with Crippen LogP contribution in [0.4, 0.5) is 10.2 Å². The number of hydrogen-bond acceptors (Lipinski definition) is 2. The van der Waals surface area contributed by atoms with E-state index in [2.05, 4.69) is 22.4 Å². The average Bonchev–Trinajstić information content (AvgIpc) is 2.75. The second kappa shape index (κ2) is 5.19. The number of nitrogens with one attached hydrogen (secondary N) is 2. The van der Waals surface area contributed by atoms with Gasteiger partial charge in [-0.15, -0.1) is 0 Å². The molecule has 0 spiro atoms. The van der Waals surface area contributed by atoms with Gasteiger partial charge in [-0.05, 0) is 24.6 Å². The summed E-state index contributed by atoms with van der Waals surface area (Å²) in [6.07, 6.45) is 1.03. The lowest BCUT2D eigenvalue weighted by Crippen LogP contribution is -1.99. The normalized spacial score (nSPS) is 10.5. The first-order valence-corrected chi connectivity index (χ1v) is 5.83. The SMILES string of the molecule is CCCNc1cc(-c2ccc(F)cc2Cl)[nH]n1. The number of benzene rings is 1. The van der Waals surface area contributed by atoms with Crippen molar-refractivity contribution in [3.05, 3.63) is 35.1 Å². The molecule has 0 saturated heterocycles. The van der Waals surface area contributed by atoms with Gasteiger partial charge >= 0.3 is 0 Å². The minimum absolute atomic E-state index is 0.345. The number of rotatable bonds is 4. The molecule has 0 amide bonds. The molecular formula is C12H13ClFN3. The molecule has 0 aliphatic heterocycles. The molecule has 0 unspecified atom stereocenters. The zero-order chi connectivity index (χ0) is 12.3. The number of nitrogens with zero attached hydrogens (tertiary/aromatic N) is 1. The van der Waals surface area contributed by atoms with Crippen molar-refractivity contribution >= 4 is 17.4 Å². The number of anilines is 1. The Morgan fingerprint density at radius 3 is 2.94 bits per heavy atom. The predicted molar refractivity (Wildman–Crippen MR) is 67.8 cm³/mol. The molecule has 3 nitrogen and oxygen atoms in total. The van der Waals surface area contributed by atoms with E-state index in [1.165, 1.54) is 12.1 Å². The van der Waals surface area contributed by atoms with Crippen LogP contribution in [0.5, 0.6) is 0 Å². The van der Waals surface area contributed by atoms with Gasteiger partial charge in [0.2, 0.25) is 0 Å². The molecule has 1 aromatic heterocycles. The van der Waals surface area contributed by atoms with E-state index in [4.69, 9.17) is 11.6 Å². The van der Waals surface area contributed by atoms with Gasteiger partial charge in [0.1, 0.15) is 11.6 Å². The van der Waals surface area contributed by atoms with E-state index in [-0.39, 0.29) is 5.82 Å². The first-order valence-electron chi connectivity index (χ1n) is 5.45. The minimum Gasteiger partial charge on any atom is -0.369 e. The molecule has 90 valence electrons. The zero-order valence-electron chi connectivity index (χ0n) is 9.43. The summed E-state index contributed by atoms with van der Waals surface area (Å²) in [5.74, 6) is 0.421. The van der Waals surface area contributed by atoms with Gasteiger partial charge in [0, 0.05) is 18.2 Å². The fourth-order valence-corrected chi connectivity index (χ4v) is 1.78. The van der Waals surface area contributed by atoms with Crippen LogP contribution in [0.1, 0.15) is 13.3 Å². The van der Waals surface area contributed by atoms with Crippen molar-refractivity contribution in [3.63, 3.8) is 0 Å². The van der Waals surface area contributed by atoms with E-state index in [1.54, 1.807) is 6.07 Å². The van der Waals surface area contributed by atoms with Crippen LogP contribution < -0.4 is 5.32 Å². The molecule has 2 N–H and O–H groups in total. The van der Waals surface area contributed by atoms with Crippen molar-refractivity contribution < 1.29 is 4.39 Å². The highest BCUT2D eigenvalue weighted by Crippen LogP contribution is 2.28. The predicted octanol–water partition coefficient (Wildman–Crippen LogP) is 3.69. The highest BCUT2D eigenvalue weighted by Gasteiger charge is 2.07. The fourth-order valence-electron chi connectivity index (χ4n) is 1.51. The van der Waals surface area contributed by atoms with Crippen LogP contribution in [-0.4, -0.2) is 16.7 Å². The molecule has 0 saturated carbocycles. The molecular weight excluding hydrogens is 241 g/mol. The third kappa shape index (κ3) is 2.77. The van der Waals surface area contributed by atoms with E-state index in [1.807, 2.05) is 6.07 Å². The van der Waals surface area contributed by atoms with Crippen LogP contribution in [0.2, 0.25) is 5.02 Å². The first kappa shape index (κ1) is 11.9. The molecule has 17 heavy (non-hydrogen) atoms. The Hall–Kier alpha value is -1.55. The summed E-state index contributed by atoms with van der Waals surface area (Å²) in [6.45, 7) is 2.94. The third-order valence-electron chi connectivity index (χ3n) is 2.36. The summed E-state index contributed by atoms with van der Waals surface area (Å²) < 4.78 is 12.9. The number of aromatic nitrogens is 2. The highest BCUT2D eigenvalue weighted by atomic mass is 35.5. The van der Waals surface area contributed by atoms with Crippen molar-refractivity contribution in [3.8, 4) is 11.3 Å². The van der Waals surface area contributed by atoms with Crippen molar-refractivity contribution in [2.45, 2.75) is 13.3 Å². The maximum absolute atomic E-state index is 12.9. The largest absolute Gasteiger partial charge is 0.369 e. The van der Waals surface area contributed by atoms with Crippen LogP contribution >= 0.6 is 11.6 Å². The Balaban J connectivity index is 2.24. The van der Waals surface area contributed by atoms with Crippen LogP contribution in [0.15, 0.2) is 24.3 Å². The number of aromatic amines is 1. The van der Waals surface area contributed by atoms with Crippen LogP contribution in [0.25, 0.3) is 11.3 Å². The highest BCUT2D eigenvalue weighted by molar-refractivity contribution is 6.33. The fraction of sp³-hybridized carbons (Fsp3) is 0.250. The van der Waals surface area contributed by atoms with Crippen LogP contribution in [0, 0.1) is 5.82 Å². The summed E-state index contributed by atoms with van der Waals surface area (Å²) in [7, 11) is 0. The molecule has 0 aliphatic rings. The van der Waals surface area contributed by atoms with Gasteiger partial charge < -0.3 is 5.32 Å². The van der Waals surface area contributed by atoms with Gasteiger partial charge in [-0.1, -0.05) is 18.5 Å². The zero-order valence-corrected chi connectivity index (χ0v) is 10.2. The molecule has 5 heteroatoms. The Labute approximate surface area is 104 Å². The summed E-state index contributed by atoms with van der Waals surface area (Å²) in [5.41, 5.74) is 1.51. The van der Waals surface area contributed by atoms with E-state index < -0.39 is 0 Å². The van der Waals surface area contributed by atoms with Crippen molar-refractivity contribution in [1.29, 1.82) is 0 Å². The number of H-pyrrole nitrogens is 1. The molecule has 0 aliphatic carbocycles. The molecule has 0 fully saturated rings. The molecule has 2 rings (SSSR count). The third-order valence-corrected chi connectivity index (χ3v) is 2.67. The lowest BCUT2D eigenvalue weighted by Gasteiger charge is -2.00. The average molecular weight is 254 g/mol. The van der Waals surface area contributed by atoms with Crippen LogP contribution in [0.3, 0.4) is 0 Å². The van der Waals surface area contributed by atoms with E-state index >= 15 is 0 Å². The van der Waals surface area contributed by atoms with Crippen molar-refractivity contribution in [1.82, 2.24) is 10.2 Å². The van der Waals surface area contributed by atoms with Gasteiger partial charge in [-0.3, -0.25) is 5.10 Å². The van der Waals surface area contributed by atoms with Gasteiger partial charge in [-0.2, -0.15) is 5.10 Å². The smallest absolute Gasteiger partial charge is 0.148 e. The van der Waals surface area contributed by atoms with Crippen molar-refractivity contribution in [2.75, 3.05) is 11.9 Å². The number of halogens is 2. The number of hydrogen-bond donors (Lipinski definition) is 2. The van der Waals surface area contributed by atoms with Crippen molar-refractivity contribution in [2.24, 2.45) is 0 Å². The Bertz CT molecular complexity index is 510. The lowest BCUT2D eigenvalue weighted by atomic mass is 10.1. The molecule has 1 aromatic carbocycles. The van der Waals surface area contributed by atoms with Gasteiger partial charge in [0.05, 0.1) is 10.7 Å². The van der Waals surface area contributed by atoms with E-state index in [0.717, 1.165) is 30.0 Å². The van der Waals surface area contributed by atoms with E-state index in [0.29, 0.717) is 5.02 Å². The van der Waals surface area contributed by atoms with Crippen LogP contribution in [-0.2, 0) is 0 Å². The van der Waals surface area contributed by atoms with Gasteiger partial charge in [-0.25, -0.2) is 4.39 Å². The molecule has 0 bridgehead atoms. The summed E-state index contributed by atoms with van der Waals surface area (Å²) in [5, 5.41) is 10.5. The molecule has 2 aromatic rings. The summed E-state index contributed by atoms with van der Waals surface area (Å²) >= 11 is 5.97. The second-order valence-corrected chi connectivity index (χ2v) is 4.13. The monoisotopic (exact) mass is 253 g/mol. The Kier molecular flexibility index (Phi) is 3.64.